The summed E-state index contributed by atoms with van der Waals surface area (Å²) in [6.45, 7) is 3.64. The van der Waals surface area contributed by atoms with Crippen molar-refractivity contribution in [3.63, 3.8) is 0 Å². The molecule has 0 bridgehead atoms. The minimum atomic E-state index is 0.0220. The van der Waals surface area contributed by atoms with Gasteiger partial charge in [0.15, 0.2) is 5.58 Å². The number of nitrogens with zero attached hydrogens (tertiary/aromatic N) is 3. The highest BCUT2D eigenvalue weighted by Crippen LogP contribution is 2.25. The van der Waals surface area contributed by atoms with Gasteiger partial charge in [-0.1, -0.05) is 16.8 Å². The Morgan fingerprint density at radius 1 is 1.36 bits per heavy atom. The number of aromatic nitrogens is 1. The highest BCUT2D eigenvalue weighted by molar-refractivity contribution is 6.31. The normalized spacial score (nSPS) is 21.0. The SMILES string of the molecule is CN(Cc1noc2ccc(Cl)cc12)C1CCN(C(=O)NCC2CCCO2)CC1. The zero-order chi connectivity index (χ0) is 19.5. The summed E-state index contributed by atoms with van der Waals surface area (Å²) in [6, 6.07) is 5.99. The van der Waals surface area contributed by atoms with Crippen LogP contribution in [0.3, 0.4) is 0 Å². The number of carbonyl (C=O) groups excluding carboxylic acids is 1. The van der Waals surface area contributed by atoms with Crippen molar-refractivity contribution in [2.75, 3.05) is 33.3 Å². The van der Waals surface area contributed by atoms with Crippen molar-refractivity contribution >= 4 is 28.6 Å². The van der Waals surface area contributed by atoms with Crippen LogP contribution in [0, 0.1) is 0 Å². The number of fused-ring (bicyclic) bond motifs is 1. The Balaban J connectivity index is 1.27. The number of halogens is 1. The van der Waals surface area contributed by atoms with Gasteiger partial charge in [-0.2, -0.15) is 0 Å². The lowest BCUT2D eigenvalue weighted by atomic mass is 10.0. The lowest BCUT2D eigenvalue weighted by molar-refractivity contribution is 0.103. The van der Waals surface area contributed by atoms with Gasteiger partial charge in [-0.05, 0) is 50.9 Å². The fourth-order valence-corrected chi connectivity index (χ4v) is 4.24. The Morgan fingerprint density at radius 2 is 2.18 bits per heavy atom. The Bertz CT molecular complexity index is 813. The summed E-state index contributed by atoms with van der Waals surface area (Å²) in [7, 11) is 2.10. The molecule has 1 aromatic heterocycles. The minimum absolute atomic E-state index is 0.0220. The quantitative estimate of drug-likeness (QED) is 0.825. The zero-order valence-electron chi connectivity index (χ0n) is 16.2. The van der Waals surface area contributed by atoms with Crippen molar-refractivity contribution in [3.8, 4) is 0 Å². The van der Waals surface area contributed by atoms with Crippen LogP contribution in [0.15, 0.2) is 22.7 Å². The molecule has 4 rings (SSSR count). The summed E-state index contributed by atoms with van der Waals surface area (Å²) >= 11 is 6.11. The van der Waals surface area contributed by atoms with Crippen LogP contribution in [0.25, 0.3) is 11.0 Å². The van der Waals surface area contributed by atoms with Crippen LogP contribution in [0.4, 0.5) is 4.79 Å². The average molecular weight is 407 g/mol. The third-order valence-corrected chi connectivity index (χ3v) is 6.02. The molecule has 0 radical (unpaired) electrons. The molecule has 2 aliphatic heterocycles. The number of ether oxygens (including phenoxy) is 1. The van der Waals surface area contributed by atoms with Crippen molar-refractivity contribution < 1.29 is 14.1 Å². The molecule has 1 atom stereocenters. The first-order valence-corrected chi connectivity index (χ1v) is 10.4. The first-order valence-electron chi connectivity index (χ1n) is 9.98. The van der Waals surface area contributed by atoms with Crippen LogP contribution in [0.2, 0.25) is 5.02 Å². The third kappa shape index (κ3) is 4.42. The second-order valence-electron chi connectivity index (χ2n) is 7.72. The van der Waals surface area contributed by atoms with Crippen LogP contribution in [-0.2, 0) is 11.3 Å². The Labute approximate surface area is 169 Å². The number of piperidine rings is 1. The maximum Gasteiger partial charge on any atom is 0.317 e. The highest BCUT2D eigenvalue weighted by atomic mass is 35.5. The molecule has 8 heteroatoms. The first kappa shape index (κ1) is 19.5. The maximum absolute atomic E-state index is 12.4. The number of urea groups is 1. The number of rotatable bonds is 5. The van der Waals surface area contributed by atoms with E-state index in [0.29, 0.717) is 24.2 Å². The van der Waals surface area contributed by atoms with E-state index in [1.54, 1.807) is 0 Å². The van der Waals surface area contributed by atoms with E-state index in [1.165, 1.54) is 0 Å². The van der Waals surface area contributed by atoms with Gasteiger partial charge in [0.1, 0.15) is 5.69 Å². The van der Waals surface area contributed by atoms with E-state index in [-0.39, 0.29) is 12.1 Å². The van der Waals surface area contributed by atoms with Crippen LogP contribution in [-0.4, -0.2) is 66.4 Å². The van der Waals surface area contributed by atoms with E-state index in [1.807, 2.05) is 23.1 Å². The lowest BCUT2D eigenvalue weighted by Crippen LogP contribution is -2.49. The summed E-state index contributed by atoms with van der Waals surface area (Å²) in [5, 5.41) is 8.87. The fraction of sp³-hybridized carbons (Fsp3) is 0.600. The van der Waals surface area contributed by atoms with Gasteiger partial charge in [0.25, 0.3) is 0 Å². The summed E-state index contributed by atoms with van der Waals surface area (Å²) in [5.74, 6) is 0. The van der Waals surface area contributed by atoms with E-state index in [0.717, 1.165) is 62.0 Å². The van der Waals surface area contributed by atoms with Crippen LogP contribution in [0.5, 0.6) is 0 Å². The molecule has 2 amide bonds. The largest absolute Gasteiger partial charge is 0.376 e. The molecule has 3 heterocycles. The molecule has 0 spiro atoms. The second-order valence-corrected chi connectivity index (χ2v) is 8.16. The number of amides is 2. The minimum Gasteiger partial charge on any atom is -0.376 e. The molecular weight excluding hydrogens is 380 g/mol. The Morgan fingerprint density at radius 3 is 2.93 bits per heavy atom. The molecule has 1 aromatic carbocycles. The molecule has 2 aromatic rings. The van der Waals surface area contributed by atoms with Crippen LogP contribution in [0.1, 0.15) is 31.4 Å². The number of likely N-dealkylation sites (tertiary alicyclic amines) is 1. The number of benzene rings is 1. The van der Waals surface area contributed by atoms with Crippen molar-refractivity contribution in [1.29, 1.82) is 0 Å². The molecule has 1 N–H and O–H groups in total. The van der Waals surface area contributed by atoms with E-state index in [9.17, 15) is 4.79 Å². The fourth-order valence-electron chi connectivity index (χ4n) is 4.07. The van der Waals surface area contributed by atoms with Crippen LogP contribution >= 0.6 is 11.6 Å². The molecule has 2 fully saturated rings. The van der Waals surface area contributed by atoms with Gasteiger partial charge in [0, 0.05) is 49.2 Å². The van der Waals surface area contributed by atoms with Crippen molar-refractivity contribution in [1.82, 2.24) is 20.3 Å². The molecule has 0 aliphatic carbocycles. The molecule has 152 valence electrons. The standard InChI is InChI=1S/C20H27ClN4O3/c1-24(13-18-17-11-14(21)4-5-19(17)28-23-18)15-6-8-25(9-7-15)20(26)22-12-16-3-2-10-27-16/h4-5,11,15-16H,2-3,6-10,12-13H2,1H3,(H,22,26). The molecule has 2 saturated heterocycles. The van der Waals surface area contributed by atoms with Crippen molar-refractivity contribution in [2.45, 2.75) is 44.4 Å². The lowest BCUT2D eigenvalue weighted by Gasteiger charge is -2.36. The molecule has 1 unspecified atom stereocenters. The summed E-state index contributed by atoms with van der Waals surface area (Å²) in [6.07, 6.45) is 4.19. The van der Waals surface area contributed by atoms with Gasteiger partial charge >= 0.3 is 6.03 Å². The van der Waals surface area contributed by atoms with E-state index >= 15 is 0 Å². The van der Waals surface area contributed by atoms with Gasteiger partial charge in [-0.3, -0.25) is 4.90 Å². The number of hydrogen-bond acceptors (Lipinski definition) is 5. The molecule has 2 aliphatic rings. The monoisotopic (exact) mass is 406 g/mol. The summed E-state index contributed by atoms with van der Waals surface area (Å²) in [5.41, 5.74) is 1.65. The van der Waals surface area contributed by atoms with Gasteiger partial charge in [0.05, 0.1) is 6.10 Å². The van der Waals surface area contributed by atoms with Crippen molar-refractivity contribution in [2.24, 2.45) is 0 Å². The number of carbonyl (C=O) groups is 1. The smallest absolute Gasteiger partial charge is 0.317 e. The second kappa shape index (κ2) is 8.68. The average Bonchev–Trinajstić information content (AvgIpc) is 3.36. The first-order chi connectivity index (χ1) is 13.6. The predicted molar refractivity (Wildman–Crippen MR) is 107 cm³/mol. The van der Waals surface area contributed by atoms with E-state index in [4.69, 9.17) is 20.9 Å². The topological polar surface area (TPSA) is 70.8 Å². The van der Waals surface area contributed by atoms with Crippen LogP contribution < -0.4 is 5.32 Å². The predicted octanol–water partition coefficient (Wildman–Crippen LogP) is 3.27. The maximum atomic E-state index is 12.4. The number of hydrogen-bond donors (Lipinski definition) is 1. The van der Waals surface area contributed by atoms with Crippen molar-refractivity contribution in [3.05, 3.63) is 28.9 Å². The van der Waals surface area contributed by atoms with Gasteiger partial charge in [0.2, 0.25) is 0 Å². The molecule has 7 nitrogen and oxygen atoms in total. The van der Waals surface area contributed by atoms with Gasteiger partial charge in [-0.15, -0.1) is 0 Å². The zero-order valence-corrected chi connectivity index (χ0v) is 17.0. The van der Waals surface area contributed by atoms with E-state index in [2.05, 4.69) is 22.4 Å². The molecular formula is C20H27ClN4O3. The highest BCUT2D eigenvalue weighted by Gasteiger charge is 2.27. The Kier molecular flexibility index (Phi) is 6.04. The molecule has 0 saturated carbocycles. The Hall–Kier alpha value is -1.83. The number of nitrogens with one attached hydrogen (secondary N) is 1. The van der Waals surface area contributed by atoms with Gasteiger partial charge < -0.3 is 19.5 Å². The van der Waals surface area contributed by atoms with Gasteiger partial charge in [-0.25, -0.2) is 4.79 Å². The summed E-state index contributed by atoms with van der Waals surface area (Å²) < 4.78 is 11.0. The molecule has 28 heavy (non-hydrogen) atoms. The summed E-state index contributed by atoms with van der Waals surface area (Å²) in [4.78, 5) is 16.6. The van der Waals surface area contributed by atoms with E-state index < -0.39 is 0 Å². The third-order valence-electron chi connectivity index (χ3n) is 5.79.